The van der Waals surface area contributed by atoms with Gasteiger partial charge < -0.3 is 5.11 Å². The predicted octanol–water partition coefficient (Wildman–Crippen LogP) is 0.826. The third-order valence-corrected chi connectivity index (χ3v) is 3.02. The Morgan fingerprint density at radius 3 is 3.00 bits per heavy atom. The second-order valence-electron chi connectivity index (χ2n) is 3.68. The number of carboxylic acids is 1. The first kappa shape index (κ1) is 11.6. The Morgan fingerprint density at radius 1 is 1.65 bits per heavy atom. The molecule has 0 spiro atoms. The van der Waals surface area contributed by atoms with Crippen LogP contribution in [0.3, 0.4) is 0 Å². The molecule has 2 aromatic rings. The van der Waals surface area contributed by atoms with E-state index in [-0.39, 0.29) is 6.54 Å². The largest absolute Gasteiger partial charge is 0.481 e. The van der Waals surface area contributed by atoms with Crippen molar-refractivity contribution in [2.24, 2.45) is 5.92 Å². The maximum absolute atomic E-state index is 10.8. The Balaban J connectivity index is 2.26. The van der Waals surface area contributed by atoms with E-state index in [1.807, 2.05) is 12.3 Å². The van der Waals surface area contributed by atoms with E-state index >= 15 is 0 Å². The Kier molecular flexibility index (Phi) is 3.14. The predicted molar refractivity (Wildman–Crippen MR) is 60.5 cm³/mol. The standard InChI is InChI=1S/C9H11N5O2S/c1-5(9(15)16)3-14-8(11-12-13-14)7-4-17-6(2)10-7/h4-5H,3H2,1-2H3,(H,15,16). The maximum atomic E-state index is 10.8. The van der Waals surface area contributed by atoms with Gasteiger partial charge in [-0.3, -0.25) is 4.79 Å². The molecule has 1 unspecified atom stereocenters. The van der Waals surface area contributed by atoms with Crippen LogP contribution >= 0.6 is 11.3 Å². The van der Waals surface area contributed by atoms with Crippen molar-refractivity contribution in [3.8, 4) is 11.5 Å². The molecule has 2 rings (SSSR count). The van der Waals surface area contributed by atoms with Gasteiger partial charge in [0.1, 0.15) is 5.69 Å². The van der Waals surface area contributed by atoms with Crippen LogP contribution in [0.2, 0.25) is 0 Å². The minimum absolute atomic E-state index is 0.230. The first-order valence-electron chi connectivity index (χ1n) is 4.99. The van der Waals surface area contributed by atoms with Gasteiger partial charge >= 0.3 is 5.97 Å². The van der Waals surface area contributed by atoms with Crippen molar-refractivity contribution in [3.63, 3.8) is 0 Å². The van der Waals surface area contributed by atoms with E-state index in [0.29, 0.717) is 11.5 Å². The number of carbonyl (C=O) groups is 1. The van der Waals surface area contributed by atoms with Crippen LogP contribution in [0.15, 0.2) is 5.38 Å². The van der Waals surface area contributed by atoms with E-state index in [9.17, 15) is 4.79 Å². The molecule has 0 bridgehead atoms. The molecule has 0 fully saturated rings. The lowest BCUT2D eigenvalue weighted by Gasteiger charge is -2.06. The van der Waals surface area contributed by atoms with Crippen molar-refractivity contribution in [1.29, 1.82) is 0 Å². The summed E-state index contributed by atoms with van der Waals surface area (Å²) >= 11 is 1.50. The lowest BCUT2D eigenvalue weighted by molar-refractivity contribution is -0.141. The van der Waals surface area contributed by atoms with Crippen LogP contribution in [0, 0.1) is 12.8 Å². The van der Waals surface area contributed by atoms with Crippen molar-refractivity contribution >= 4 is 17.3 Å². The zero-order valence-corrected chi connectivity index (χ0v) is 10.2. The van der Waals surface area contributed by atoms with Gasteiger partial charge in [0.2, 0.25) is 5.82 Å². The third-order valence-electron chi connectivity index (χ3n) is 2.25. The second kappa shape index (κ2) is 4.58. The van der Waals surface area contributed by atoms with E-state index in [0.717, 1.165) is 5.01 Å². The zero-order valence-electron chi connectivity index (χ0n) is 9.36. The molecule has 8 heteroatoms. The summed E-state index contributed by atoms with van der Waals surface area (Å²) in [7, 11) is 0. The van der Waals surface area contributed by atoms with E-state index < -0.39 is 11.9 Å². The van der Waals surface area contributed by atoms with Gasteiger partial charge in [0.15, 0.2) is 0 Å². The molecular weight excluding hydrogens is 242 g/mol. The Bertz CT molecular complexity index is 535. The SMILES string of the molecule is Cc1nc(-c2nnnn2CC(C)C(=O)O)cs1. The number of rotatable bonds is 4. The first-order chi connectivity index (χ1) is 8.08. The molecule has 0 radical (unpaired) electrons. The molecule has 0 aliphatic rings. The number of aliphatic carboxylic acids is 1. The molecule has 17 heavy (non-hydrogen) atoms. The molecule has 1 atom stereocenters. The highest BCUT2D eigenvalue weighted by Crippen LogP contribution is 2.19. The highest BCUT2D eigenvalue weighted by molar-refractivity contribution is 7.09. The van der Waals surface area contributed by atoms with E-state index in [1.54, 1.807) is 6.92 Å². The third kappa shape index (κ3) is 2.47. The molecule has 0 aromatic carbocycles. The smallest absolute Gasteiger partial charge is 0.308 e. The van der Waals surface area contributed by atoms with E-state index in [2.05, 4.69) is 20.5 Å². The van der Waals surface area contributed by atoms with Crippen molar-refractivity contribution in [3.05, 3.63) is 10.4 Å². The number of aryl methyl sites for hydroxylation is 1. The van der Waals surface area contributed by atoms with Gasteiger partial charge in [-0.05, 0) is 17.4 Å². The van der Waals surface area contributed by atoms with Crippen LogP contribution in [0.1, 0.15) is 11.9 Å². The van der Waals surface area contributed by atoms with Gasteiger partial charge in [-0.15, -0.1) is 16.4 Å². The summed E-state index contributed by atoms with van der Waals surface area (Å²) in [6.45, 7) is 3.73. The normalized spacial score (nSPS) is 12.6. The Labute approximate surface area is 101 Å². The van der Waals surface area contributed by atoms with Gasteiger partial charge in [0.25, 0.3) is 0 Å². The van der Waals surface area contributed by atoms with E-state index in [4.69, 9.17) is 5.11 Å². The topological polar surface area (TPSA) is 93.8 Å². The summed E-state index contributed by atoms with van der Waals surface area (Å²) in [6.07, 6.45) is 0. The monoisotopic (exact) mass is 253 g/mol. The summed E-state index contributed by atoms with van der Waals surface area (Å²) in [5, 5.41) is 22.8. The summed E-state index contributed by atoms with van der Waals surface area (Å²) < 4.78 is 1.47. The average Bonchev–Trinajstić information content (AvgIpc) is 2.86. The van der Waals surface area contributed by atoms with Crippen LogP contribution in [-0.2, 0) is 11.3 Å². The molecular formula is C9H11N5O2S. The first-order valence-corrected chi connectivity index (χ1v) is 5.87. The summed E-state index contributed by atoms with van der Waals surface area (Å²) in [6, 6.07) is 0. The van der Waals surface area contributed by atoms with Crippen molar-refractivity contribution in [2.75, 3.05) is 0 Å². The van der Waals surface area contributed by atoms with E-state index in [1.165, 1.54) is 16.0 Å². The quantitative estimate of drug-likeness (QED) is 0.867. The Hall–Kier alpha value is -1.83. The van der Waals surface area contributed by atoms with Crippen molar-refractivity contribution in [1.82, 2.24) is 25.2 Å². The zero-order chi connectivity index (χ0) is 12.4. The number of hydrogen-bond donors (Lipinski definition) is 1. The maximum Gasteiger partial charge on any atom is 0.308 e. The van der Waals surface area contributed by atoms with Crippen LogP contribution in [0.5, 0.6) is 0 Å². The van der Waals surface area contributed by atoms with Crippen LogP contribution < -0.4 is 0 Å². The molecule has 90 valence electrons. The minimum Gasteiger partial charge on any atom is -0.481 e. The molecule has 0 saturated heterocycles. The lowest BCUT2D eigenvalue weighted by Crippen LogP contribution is -2.18. The van der Waals surface area contributed by atoms with Crippen LogP contribution in [0.25, 0.3) is 11.5 Å². The highest BCUT2D eigenvalue weighted by atomic mass is 32.1. The summed E-state index contributed by atoms with van der Waals surface area (Å²) in [5.74, 6) is -0.916. The highest BCUT2D eigenvalue weighted by Gasteiger charge is 2.17. The number of aromatic nitrogens is 5. The van der Waals surface area contributed by atoms with Crippen molar-refractivity contribution < 1.29 is 9.90 Å². The minimum atomic E-state index is -0.874. The molecule has 2 aromatic heterocycles. The number of thiazole rings is 1. The van der Waals surface area contributed by atoms with Gasteiger partial charge in [-0.25, -0.2) is 9.67 Å². The van der Waals surface area contributed by atoms with Gasteiger partial charge in [-0.1, -0.05) is 6.92 Å². The fraction of sp³-hybridized carbons (Fsp3) is 0.444. The fourth-order valence-electron chi connectivity index (χ4n) is 1.31. The molecule has 7 nitrogen and oxygen atoms in total. The number of hydrogen-bond acceptors (Lipinski definition) is 6. The number of tetrazole rings is 1. The van der Waals surface area contributed by atoms with Gasteiger partial charge in [0.05, 0.1) is 17.5 Å². The van der Waals surface area contributed by atoms with Gasteiger partial charge in [-0.2, -0.15) is 0 Å². The molecule has 0 amide bonds. The molecule has 0 aliphatic heterocycles. The Morgan fingerprint density at radius 2 is 2.41 bits per heavy atom. The number of carboxylic acid groups (broad SMARTS) is 1. The molecule has 0 aliphatic carbocycles. The van der Waals surface area contributed by atoms with Crippen molar-refractivity contribution in [2.45, 2.75) is 20.4 Å². The number of nitrogens with zero attached hydrogens (tertiary/aromatic N) is 5. The summed E-state index contributed by atoms with van der Waals surface area (Å²) in [5.41, 5.74) is 0.676. The second-order valence-corrected chi connectivity index (χ2v) is 4.74. The molecule has 0 saturated carbocycles. The average molecular weight is 253 g/mol. The molecule has 2 heterocycles. The lowest BCUT2D eigenvalue weighted by atomic mass is 10.2. The summed E-state index contributed by atoms with van der Waals surface area (Å²) in [4.78, 5) is 15.1. The van der Waals surface area contributed by atoms with Gasteiger partial charge in [0, 0.05) is 5.38 Å². The van der Waals surface area contributed by atoms with Crippen LogP contribution in [-0.4, -0.2) is 36.3 Å². The molecule has 1 N–H and O–H groups in total. The fourth-order valence-corrected chi connectivity index (χ4v) is 1.91. The van der Waals surface area contributed by atoms with Crippen LogP contribution in [0.4, 0.5) is 0 Å².